The summed E-state index contributed by atoms with van der Waals surface area (Å²) in [6, 6.07) is 5.96. The van der Waals surface area contributed by atoms with Gasteiger partial charge in [-0.1, -0.05) is 12.1 Å². The van der Waals surface area contributed by atoms with E-state index in [-0.39, 0.29) is 5.91 Å². The van der Waals surface area contributed by atoms with E-state index in [9.17, 15) is 4.79 Å². The molecule has 1 heterocycles. The van der Waals surface area contributed by atoms with Gasteiger partial charge < -0.3 is 9.64 Å². The van der Waals surface area contributed by atoms with Gasteiger partial charge in [0, 0.05) is 13.1 Å². The molecule has 1 unspecified atom stereocenters. The van der Waals surface area contributed by atoms with E-state index in [0.717, 1.165) is 37.2 Å². The topological polar surface area (TPSA) is 29.5 Å². The van der Waals surface area contributed by atoms with Crippen LogP contribution >= 0.6 is 0 Å². The number of ether oxygens (including phenoxy) is 1. The minimum Gasteiger partial charge on any atom is -0.481 e. The van der Waals surface area contributed by atoms with E-state index < -0.39 is 6.10 Å². The second-order valence-electron chi connectivity index (χ2n) is 5.34. The Kier molecular flexibility index (Phi) is 4.46. The molecule has 1 fully saturated rings. The number of hydrogen-bond acceptors (Lipinski definition) is 2. The molecule has 0 radical (unpaired) electrons. The van der Waals surface area contributed by atoms with E-state index in [4.69, 9.17) is 4.74 Å². The minimum absolute atomic E-state index is 0.112. The largest absolute Gasteiger partial charge is 0.481 e. The number of rotatable bonds is 3. The predicted molar refractivity (Wildman–Crippen MR) is 76.4 cm³/mol. The molecule has 1 atom stereocenters. The molecular formula is C16H23NO2. The molecule has 1 amide bonds. The molecule has 1 aliphatic heterocycles. The van der Waals surface area contributed by atoms with Crippen molar-refractivity contribution in [3.05, 3.63) is 29.3 Å². The molecule has 0 bridgehead atoms. The van der Waals surface area contributed by atoms with Crippen molar-refractivity contribution in [3.8, 4) is 5.75 Å². The number of carbonyl (C=O) groups excluding carboxylic acids is 1. The summed E-state index contributed by atoms with van der Waals surface area (Å²) in [4.78, 5) is 14.2. The maximum atomic E-state index is 12.3. The molecule has 3 heteroatoms. The molecule has 0 aromatic heterocycles. The van der Waals surface area contributed by atoms with Crippen LogP contribution in [-0.4, -0.2) is 30.0 Å². The smallest absolute Gasteiger partial charge is 0.263 e. The lowest BCUT2D eigenvalue weighted by molar-refractivity contribution is -0.138. The zero-order chi connectivity index (χ0) is 13.8. The summed E-state index contributed by atoms with van der Waals surface area (Å²) in [6.45, 7) is 7.68. The van der Waals surface area contributed by atoms with Crippen molar-refractivity contribution in [2.45, 2.75) is 46.1 Å². The van der Waals surface area contributed by atoms with Crippen LogP contribution in [0.5, 0.6) is 5.75 Å². The Morgan fingerprint density at radius 2 is 1.89 bits per heavy atom. The number of nitrogens with zero attached hydrogens (tertiary/aromatic N) is 1. The maximum Gasteiger partial charge on any atom is 0.263 e. The highest BCUT2D eigenvalue weighted by atomic mass is 16.5. The van der Waals surface area contributed by atoms with E-state index in [2.05, 4.69) is 13.0 Å². The zero-order valence-corrected chi connectivity index (χ0v) is 12.1. The van der Waals surface area contributed by atoms with Gasteiger partial charge in [-0.05, 0) is 57.2 Å². The Hall–Kier alpha value is -1.51. The summed E-state index contributed by atoms with van der Waals surface area (Å²) >= 11 is 0. The Balaban J connectivity index is 2.01. The maximum absolute atomic E-state index is 12.3. The van der Waals surface area contributed by atoms with Gasteiger partial charge in [0.1, 0.15) is 5.75 Å². The fourth-order valence-electron chi connectivity index (χ4n) is 2.46. The van der Waals surface area contributed by atoms with Crippen LogP contribution in [0.25, 0.3) is 0 Å². The number of amides is 1. The Bertz CT molecular complexity index is 450. The molecule has 1 aromatic carbocycles. The van der Waals surface area contributed by atoms with Crippen molar-refractivity contribution in [3.63, 3.8) is 0 Å². The van der Waals surface area contributed by atoms with Crippen molar-refractivity contribution >= 4 is 5.91 Å². The number of piperidine rings is 1. The van der Waals surface area contributed by atoms with E-state index >= 15 is 0 Å². The van der Waals surface area contributed by atoms with Crippen LogP contribution in [0.2, 0.25) is 0 Å². The molecule has 1 aromatic rings. The summed E-state index contributed by atoms with van der Waals surface area (Å²) in [5.41, 5.74) is 2.30. The SMILES string of the molecule is Cc1cccc(OC(C)C(=O)N2CCCCC2)c1C. The number of aryl methyl sites for hydroxylation is 1. The highest BCUT2D eigenvalue weighted by Crippen LogP contribution is 2.22. The van der Waals surface area contributed by atoms with Crippen LogP contribution in [0.1, 0.15) is 37.3 Å². The number of likely N-dealkylation sites (tertiary alicyclic amines) is 1. The second kappa shape index (κ2) is 6.09. The lowest BCUT2D eigenvalue weighted by atomic mass is 10.1. The highest BCUT2D eigenvalue weighted by Gasteiger charge is 2.23. The zero-order valence-electron chi connectivity index (χ0n) is 12.1. The molecule has 19 heavy (non-hydrogen) atoms. The van der Waals surface area contributed by atoms with Crippen LogP contribution in [0.3, 0.4) is 0 Å². The first-order chi connectivity index (χ1) is 9.09. The van der Waals surface area contributed by atoms with Gasteiger partial charge in [0.15, 0.2) is 6.10 Å². The standard InChI is InChI=1S/C16H23NO2/c1-12-8-7-9-15(13(12)2)19-14(3)16(18)17-10-5-4-6-11-17/h7-9,14H,4-6,10-11H2,1-3H3. The monoisotopic (exact) mass is 261 g/mol. The van der Waals surface area contributed by atoms with Gasteiger partial charge in [0.05, 0.1) is 0 Å². The van der Waals surface area contributed by atoms with Crippen molar-refractivity contribution in [2.24, 2.45) is 0 Å². The van der Waals surface area contributed by atoms with E-state index in [0.29, 0.717) is 0 Å². The number of hydrogen-bond donors (Lipinski definition) is 0. The van der Waals surface area contributed by atoms with Crippen LogP contribution < -0.4 is 4.74 Å². The quantitative estimate of drug-likeness (QED) is 0.837. The molecule has 0 N–H and O–H groups in total. The number of carbonyl (C=O) groups is 1. The van der Waals surface area contributed by atoms with Gasteiger partial charge in [0.2, 0.25) is 0 Å². The predicted octanol–water partition coefficient (Wildman–Crippen LogP) is 3.08. The van der Waals surface area contributed by atoms with E-state index in [1.807, 2.05) is 30.9 Å². The Morgan fingerprint density at radius 3 is 2.58 bits per heavy atom. The van der Waals surface area contributed by atoms with Crippen molar-refractivity contribution in [2.75, 3.05) is 13.1 Å². The van der Waals surface area contributed by atoms with Crippen molar-refractivity contribution in [1.82, 2.24) is 4.90 Å². The van der Waals surface area contributed by atoms with Crippen molar-refractivity contribution < 1.29 is 9.53 Å². The van der Waals surface area contributed by atoms with Crippen LogP contribution in [0.15, 0.2) is 18.2 Å². The van der Waals surface area contributed by atoms with Crippen LogP contribution in [0.4, 0.5) is 0 Å². The molecular weight excluding hydrogens is 238 g/mol. The molecule has 1 aliphatic rings. The van der Waals surface area contributed by atoms with Crippen LogP contribution in [-0.2, 0) is 4.79 Å². The summed E-state index contributed by atoms with van der Waals surface area (Å²) in [7, 11) is 0. The minimum atomic E-state index is -0.404. The molecule has 3 nitrogen and oxygen atoms in total. The van der Waals surface area contributed by atoms with Crippen molar-refractivity contribution in [1.29, 1.82) is 0 Å². The fraction of sp³-hybridized carbons (Fsp3) is 0.562. The van der Waals surface area contributed by atoms with E-state index in [1.54, 1.807) is 0 Å². The lowest BCUT2D eigenvalue weighted by Gasteiger charge is -2.29. The molecule has 0 saturated carbocycles. The first-order valence-corrected chi connectivity index (χ1v) is 7.11. The summed E-state index contributed by atoms with van der Waals surface area (Å²) < 4.78 is 5.85. The van der Waals surface area contributed by atoms with E-state index in [1.165, 1.54) is 12.0 Å². The average molecular weight is 261 g/mol. The third-order valence-electron chi connectivity index (χ3n) is 3.87. The highest BCUT2D eigenvalue weighted by molar-refractivity contribution is 5.81. The van der Waals surface area contributed by atoms with Crippen LogP contribution in [0, 0.1) is 13.8 Å². The Labute approximate surface area is 115 Å². The summed E-state index contributed by atoms with van der Waals surface area (Å²) in [5, 5.41) is 0. The lowest BCUT2D eigenvalue weighted by Crippen LogP contribution is -2.43. The molecule has 1 saturated heterocycles. The van der Waals surface area contributed by atoms with Gasteiger partial charge in [-0.2, -0.15) is 0 Å². The first kappa shape index (κ1) is 13.9. The van der Waals surface area contributed by atoms with Gasteiger partial charge in [-0.25, -0.2) is 0 Å². The normalized spacial score (nSPS) is 17.1. The van der Waals surface area contributed by atoms with Gasteiger partial charge in [0.25, 0.3) is 5.91 Å². The fourth-order valence-corrected chi connectivity index (χ4v) is 2.46. The molecule has 104 valence electrons. The van der Waals surface area contributed by atoms with Gasteiger partial charge in [-0.15, -0.1) is 0 Å². The molecule has 0 spiro atoms. The third kappa shape index (κ3) is 3.28. The molecule has 2 rings (SSSR count). The second-order valence-corrected chi connectivity index (χ2v) is 5.34. The summed E-state index contributed by atoms with van der Waals surface area (Å²) in [6.07, 6.45) is 3.05. The van der Waals surface area contributed by atoms with Gasteiger partial charge >= 0.3 is 0 Å². The first-order valence-electron chi connectivity index (χ1n) is 7.11. The molecule has 0 aliphatic carbocycles. The third-order valence-corrected chi connectivity index (χ3v) is 3.87. The average Bonchev–Trinajstić information content (AvgIpc) is 2.44. The number of benzene rings is 1. The summed E-state index contributed by atoms with van der Waals surface area (Å²) in [5.74, 6) is 0.929. The Morgan fingerprint density at radius 1 is 1.21 bits per heavy atom. The van der Waals surface area contributed by atoms with Gasteiger partial charge in [-0.3, -0.25) is 4.79 Å².